The van der Waals surface area contributed by atoms with Crippen molar-refractivity contribution < 1.29 is 9.50 Å². The van der Waals surface area contributed by atoms with Crippen LogP contribution in [0.2, 0.25) is 0 Å². The van der Waals surface area contributed by atoms with E-state index in [4.69, 9.17) is 0 Å². The molecule has 2 aliphatic rings. The predicted octanol–water partition coefficient (Wildman–Crippen LogP) is 5.03. The summed E-state index contributed by atoms with van der Waals surface area (Å²) >= 11 is 0. The third-order valence-corrected chi connectivity index (χ3v) is 6.58. The van der Waals surface area contributed by atoms with Crippen LogP contribution in [0.3, 0.4) is 0 Å². The number of piperazine rings is 1. The summed E-state index contributed by atoms with van der Waals surface area (Å²) < 4.78 is 14.3. The number of hydrogen-bond acceptors (Lipinski definition) is 3. The molecule has 4 heteroatoms. The molecular weight excluding hydrogens is 375 g/mol. The van der Waals surface area contributed by atoms with Gasteiger partial charge < -0.3 is 5.11 Å². The number of aromatic hydroxyl groups is 1. The van der Waals surface area contributed by atoms with Crippen LogP contribution in [0.5, 0.6) is 5.75 Å². The van der Waals surface area contributed by atoms with Crippen molar-refractivity contribution in [3.63, 3.8) is 0 Å². The first-order chi connectivity index (χ1) is 14.7. The van der Waals surface area contributed by atoms with E-state index in [9.17, 15) is 9.50 Å². The van der Waals surface area contributed by atoms with Crippen LogP contribution in [-0.2, 0) is 6.42 Å². The Balaban J connectivity index is 1.65. The van der Waals surface area contributed by atoms with Crippen LogP contribution in [0.25, 0.3) is 11.1 Å². The molecule has 0 spiro atoms. The molecular formula is C26H27FN2O. The van der Waals surface area contributed by atoms with Gasteiger partial charge in [-0.1, -0.05) is 66.7 Å². The van der Waals surface area contributed by atoms with E-state index in [-0.39, 0.29) is 6.04 Å². The summed E-state index contributed by atoms with van der Waals surface area (Å²) in [5.41, 5.74) is 5.69. The average molecular weight is 403 g/mol. The molecule has 5 rings (SSSR count). The highest BCUT2D eigenvalue weighted by Crippen LogP contribution is 2.49. The van der Waals surface area contributed by atoms with Crippen molar-refractivity contribution in [3.05, 3.63) is 89.5 Å². The zero-order valence-corrected chi connectivity index (χ0v) is 17.0. The second-order valence-electron chi connectivity index (χ2n) is 8.31. The first-order valence-electron chi connectivity index (χ1n) is 10.8. The highest BCUT2D eigenvalue weighted by molar-refractivity contribution is 5.75. The first kappa shape index (κ1) is 19.3. The summed E-state index contributed by atoms with van der Waals surface area (Å²) in [4.78, 5) is 2.29. The first-order valence-corrected chi connectivity index (χ1v) is 10.8. The molecule has 1 heterocycles. The number of benzene rings is 3. The van der Waals surface area contributed by atoms with Gasteiger partial charge in [0.1, 0.15) is 5.75 Å². The summed E-state index contributed by atoms with van der Waals surface area (Å²) in [6.07, 6.45) is 0.868. The van der Waals surface area contributed by atoms with E-state index < -0.39 is 6.30 Å². The minimum absolute atomic E-state index is 0.0968. The Kier molecular flexibility index (Phi) is 5.28. The van der Waals surface area contributed by atoms with E-state index in [1.165, 1.54) is 16.7 Å². The summed E-state index contributed by atoms with van der Waals surface area (Å²) in [7, 11) is 0. The van der Waals surface area contributed by atoms with E-state index in [0.29, 0.717) is 24.8 Å². The summed E-state index contributed by atoms with van der Waals surface area (Å²) in [6.45, 7) is 1.85. The third kappa shape index (κ3) is 3.51. The van der Waals surface area contributed by atoms with Crippen LogP contribution >= 0.6 is 0 Å². The van der Waals surface area contributed by atoms with E-state index in [0.717, 1.165) is 30.5 Å². The van der Waals surface area contributed by atoms with Gasteiger partial charge in [0.2, 0.25) is 0 Å². The molecule has 0 radical (unpaired) electrons. The normalized spacial score (nSPS) is 24.4. The molecule has 3 aromatic rings. The average Bonchev–Trinajstić information content (AvgIpc) is 2.79. The molecule has 3 atom stereocenters. The second-order valence-corrected chi connectivity index (χ2v) is 8.31. The maximum atomic E-state index is 14.3. The lowest BCUT2D eigenvalue weighted by Gasteiger charge is -2.44. The van der Waals surface area contributed by atoms with Gasteiger partial charge in [0.25, 0.3) is 0 Å². The maximum absolute atomic E-state index is 14.3. The quantitative estimate of drug-likeness (QED) is 0.603. The fourth-order valence-electron chi connectivity index (χ4n) is 5.28. The molecule has 1 saturated heterocycles. The van der Waals surface area contributed by atoms with Gasteiger partial charge in [-0.25, -0.2) is 4.39 Å². The third-order valence-electron chi connectivity index (χ3n) is 6.58. The molecule has 0 aromatic heterocycles. The number of halogens is 1. The number of nitrogens with zero attached hydrogens (tertiary/aromatic N) is 1. The maximum Gasteiger partial charge on any atom is 0.164 e. The van der Waals surface area contributed by atoms with Gasteiger partial charge >= 0.3 is 0 Å². The molecule has 0 bridgehead atoms. The Morgan fingerprint density at radius 2 is 1.67 bits per heavy atom. The number of nitrogens with one attached hydrogen (secondary N) is 1. The second kappa shape index (κ2) is 8.21. The van der Waals surface area contributed by atoms with Gasteiger partial charge in [-0.3, -0.25) is 10.2 Å². The Labute approximate surface area is 177 Å². The number of phenolic OH excluding ortho intramolecular Hbond substituents is 1. The van der Waals surface area contributed by atoms with Crippen molar-refractivity contribution in [1.82, 2.24) is 10.2 Å². The van der Waals surface area contributed by atoms with Crippen molar-refractivity contribution in [2.75, 3.05) is 19.6 Å². The Morgan fingerprint density at radius 3 is 2.40 bits per heavy atom. The minimum atomic E-state index is -1.01. The number of hydrogen-bond donors (Lipinski definition) is 2. The number of phenols is 1. The lowest BCUT2D eigenvalue weighted by Crippen LogP contribution is -2.51. The Bertz CT molecular complexity index is 1010. The van der Waals surface area contributed by atoms with Gasteiger partial charge in [-0.05, 0) is 41.2 Å². The van der Waals surface area contributed by atoms with Crippen LogP contribution < -0.4 is 5.32 Å². The van der Waals surface area contributed by atoms with Crippen molar-refractivity contribution in [2.45, 2.75) is 31.1 Å². The van der Waals surface area contributed by atoms with Gasteiger partial charge in [-0.2, -0.15) is 0 Å². The topological polar surface area (TPSA) is 35.5 Å². The smallest absolute Gasteiger partial charge is 0.164 e. The summed E-state index contributed by atoms with van der Waals surface area (Å²) in [6, 6.07) is 24.7. The van der Waals surface area contributed by atoms with Crippen LogP contribution in [0.1, 0.15) is 35.1 Å². The van der Waals surface area contributed by atoms with Gasteiger partial charge in [0.05, 0.1) is 0 Å². The van der Waals surface area contributed by atoms with Gasteiger partial charge in [0.15, 0.2) is 6.30 Å². The number of fused-ring (bicyclic) bond motifs is 1. The summed E-state index contributed by atoms with van der Waals surface area (Å²) in [5, 5.41) is 13.7. The molecule has 0 saturated carbocycles. The van der Waals surface area contributed by atoms with E-state index in [1.807, 2.05) is 30.3 Å². The van der Waals surface area contributed by atoms with Gasteiger partial charge in [0, 0.05) is 37.2 Å². The van der Waals surface area contributed by atoms with Crippen molar-refractivity contribution in [1.29, 1.82) is 0 Å². The van der Waals surface area contributed by atoms with Crippen LogP contribution in [0.15, 0.2) is 72.8 Å². The standard InChI is InChI=1S/C26H27FN2O/c27-24-17-29(16-15-28-24)26-20(18-7-3-1-4-8-18)11-12-21-22(26)13-14-23(30)25(21)19-9-5-2-6-10-19/h1-10,13-14,20,24,26,28,30H,11-12,15-17H2. The lowest BCUT2D eigenvalue weighted by molar-refractivity contribution is 0.0712. The monoisotopic (exact) mass is 402 g/mol. The fraction of sp³-hybridized carbons (Fsp3) is 0.308. The highest BCUT2D eigenvalue weighted by atomic mass is 19.1. The molecule has 1 aliphatic heterocycles. The van der Waals surface area contributed by atoms with Crippen LogP contribution in [0, 0.1) is 0 Å². The molecule has 30 heavy (non-hydrogen) atoms. The SMILES string of the molecule is Oc1ccc2c(c1-c1ccccc1)CCC(c1ccccc1)C2N1CCNC(F)C1. The predicted molar refractivity (Wildman–Crippen MR) is 118 cm³/mol. The van der Waals surface area contributed by atoms with E-state index in [2.05, 4.69) is 52.7 Å². The molecule has 0 amide bonds. The number of alkyl halides is 1. The van der Waals surface area contributed by atoms with Crippen LogP contribution in [0.4, 0.5) is 4.39 Å². The number of rotatable bonds is 3. The zero-order chi connectivity index (χ0) is 20.5. The minimum Gasteiger partial charge on any atom is -0.507 e. The van der Waals surface area contributed by atoms with Gasteiger partial charge in [-0.15, -0.1) is 0 Å². The van der Waals surface area contributed by atoms with Crippen molar-refractivity contribution in [2.24, 2.45) is 0 Å². The molecule has 3 nitrogen and oxygen atoms in total. The van der Waals surface area contributed by atoms with E-state index >= 15 is 0 Å². The highest BCUT2D eigenvalue weighted by Gasteiger charge is 2.38. The Hall–Kier alpha value is -2.69. The summed E-state index contributed by atoms with van der Waals surface area (Å²) in [5.74, 6) is 0.623. The molecule has 154 valence electrons. The van der Waals surface area contributed by atoms with Crippen molar-refractivity contribution in [3.8, 4) is 16.9 Å². The van der Waals surface area contributed by atoms with Crippen LogP contribution in [-0.4, -0.2) is 35.9 Å². The Morgan fingerprint density at radius 1 is 0.933 bits per heavy atom. The largest absolute Gasteiger partial charge is 0.507 e. The van der Waals surface area contributed by atoms with Crippen molar-refractivity contribution >= 4 is 0 Å². The lowest BCUT2D eigenvalue weighted by atomic mass is 9.73. The molecule has 1 fully saturated rings. The molecule has 3 unspecified atom stereocenters. The molecule has 1 aliphatic carbocycles. The zero-order valence-electron chi connectivity index (χ0n) is 17.0. The molecule has 3 aromatic carbocycles. The van der Waals surface area contributed by atoms with E-state index in [1.54, 1.807) is 0 Å². The fourth-order valence-corrected chi connectivity index (χ4v) is 5.28. The molecule has 2 N–H and O–H groups in total.